The van der Waals surface area contributed by atoms with E-state index in [2.05, 4.69) is 181 Å². The van der Waals surface area contributed by atoms with Gasteiger partial charge >= 0.3 is 0 Å². The van der Waals surface area contributed by atoms with E-state index in [0.29, 0.717) is 0 Å². The predicted octanol–water partition coefficient (Wildman–Crippen LogP) is 12.3. The van der Waals surface area contributed by atoms with E-state index >= 15 is 0 Å². The van der Waals surface area contributed by atoms with E-state index in [1.165, 1.54) is 77.0 Å². The average Bonchev–Trinajstić information content (AvgIpc) is 3.61. The highest BCUT2D eigenvalue weighted by Crippen LogP contribution is 2.33. The number of aromatic nitrogens is 2. The monoisotopic (exact) mass is 620 g/mol. The van der Waals surface area contributed by atoms with Crippen molar-refractivity contribution in [3.63, 3.8) is 0 Å². The molecule has 0 radical (unpaired) electrons. The van der Waals surface area contributed by atoms with Gasteiger partial charge in [-0.15, -0.1) is 0 Å². The summed E-state index contributed by atoms with van der Waals surface area (Å²) in [5, 5.41) is 5.30. The molecule has 0 saturated heterocycles. The van der Waals surface area contributed by atoms with E-state index < -0.39 is 0 Å². The zero-order valence-corrected chi connectivity index (χ0v) is 27.7. The Kier molecular flexibility index (Phi) is 8.00. The molecule has 0 amide bonds. The zero-order valence-electron chi connectivity index (χ0n) is 27.7. The minimum atomic E-state index is 0.980. The lowest BCUT2D eigenvalue weighted by Crippen LogP contribution is -2.02. The van der Waals surface area contributed by atoms with Gasteiger partial charge in [0.25, 0.3) is 0 Å². The molecule has 0 saturated carbocycles. The molecule has 0 aliphatic heterocycles. The van der Waals surface area contributed by atoms with Gasteiger partial charge in [-0.3, -0.25) is 0 Å². The van der Waals surface area contributed by atoms with Gasteiger partial charge in [0.15, 0.2) is 0 Å². The SMILES string of the molecule is Cc1ccc(C=Cc2ccc3c(c2)c2cc(C=Cc4ccc(C)cc4)ccc2n3CCCCn2c3ccccc3c3ccccc32)cc1. The Morgan fingerprint density at radius 2 is 0.729 bits per heavy atom. The van der Waals surface area contributed by atoms with Crippen molar-refractivity contribution >= 4 is 67.9 Å². The molecule has 2 heterocycles. The van der Waals surface area contributed by atoms with Crippen LogP contribution in [0.4, 0.5) is 0 Å². The lowest BCUT2D eigenvalue weighted by Gasteiger charge is -2.10. The van der Waals surface area contributed by atoms with Crippen molar-refractivity contribution in [1.29, 1.82) is 0 Å². The number of benzene rings is 6. The van der Waals surface area contributed by atoms with Gasteiger partial charge in [0, 0.05) is 56.7 Å². The molecule has 0 N–H and O–H groups in total. The highest BCUT2D eigenvalue weighted by molar-refractivity contribution is 6.10. The first kappa shape index (κ1) is 29.8. The Morgan fingerprint density at radius 1 is 0.375 bits per heavy atom. The van der Waals surface area contributed by atoms with Crippen LogP contribution < -0.4 is 0 Å². The van der Waals surface area contributed by atoms with Crippen molar-refractivity contribution < 1.29 is 0 Å². The van der Waals surface area contributed by atoms with E-state index in [0.717, 1.165) is 25.9 Å². The van der Waals surface area contributed by atoms with E-state index in [1.54, 1.807) is 0 Å². The van der Waals surface area contributed by atoms with Gasteiger partial charge in [-0.1, -0.05) is 132 Å². The van der Waals surface area contributed by atoms with E-state index in [-0.39, 0.29) is 0 Å². The number of aryl methyl sites for hydroxylation is 4. The summed E-state index contributed by atoms with van der Waals surface area (Å²) in [6.45, 7) is 6.25. The third kappa shape index (κ3) is 5.87. The quantitative estimate of drug-likeness (QED) is 0.112. The molecule has 2 nitrogen and oxygen atoms in total. The molecule has 8 rings (SSSR count). The van der Waals surface area contributed by atoms with Gasteiger partial charge in [-0.2, -0.15) is 0 Å². The van der Waals surface area contributed by atoms with Gasteiger partial charge < -0.3 is 9.13 Å². The molecule has 8 aromatic rings. The second-order valence-electron chi connectivity index (χ2n) is 13.1. The van der Waals surface area contributed by atoms with Crippen molar-refractivity contribution in [3.05, 3.63) is 167 Å². The summed E-state index contributed by atoms with van der Waals surface area (Å²) in [4.78, 5) is 0. The van der Waals surface area contributed by atoms with E-state index in [4.69, 9.17) is 0 Å². The van der Waals surface area contributed by atoms with Crippen LogP contribution in [0.1, 0.15) is 46.2 Å². The van der Waals surface area contributed by atoms with E-state index in [9.17, 15) is 0 Å². The topological polar surface area (TPSA) is 9.86 Å². The largest absolute Gasteiger partial charge is 0.340 e. The number of rotatable bonds is 9. The van der Waals surface area contributed by atoms with Gasteiger partial charge in [0.1, 0.15) is 0 Å². The fourth-order valence-electron chi connectivity index (χ4n) is 7.11. The summed E-state index contributed by atoms with van der Waals surface area (Å²) in [7, 11) is 0. The second kappa shape index (κ2) is 12.9. The second-order valence-corrected chi connectivity index (χ2v) is 13.1. The standard InChI is InChI=1S/C46H40N2/c1-33-13-17-35(18-14-33)21-23-37-25-27-45-41(31-37)42-32-38(24-22-36-19-15-34(2)16-20-36)26-28-46(42)48(45)30-8-7-29-47-43-11-5-3-9-39(43)40-10-4-6-12-44(40)47/h3-6,9-28,31-32H,7-8,29-30H2,1-2H3. The molecule has 48 heavy (non-hydrogen) atoms. The summed E-state index contributed by atoms with van der Waals surface area (Å²) < 4.78 is 5.05. The zero-order chi connectivity index (χ0) is 32.5. The van der Waals surface area contributed by atoms with Crippen molar-refractivity contribution in [2.24, 2.45) is 0 Å². The first-order valence-corrected chi connectivity index (χ1v) is 17.1. The molecule has 0 aliphatic carbocycles. The Morgan fingerprint density at radius 3 is 1.17 bits per heavy atom. The molecule has 0 fully saturated rings. The molecule has 0 atom stereocenters. The van der Waals surface area contributed by atoms with Crippen LogP contribution in [0.2, 0.25) is 0 Å². The lowest BCUT2D eigenvalue weighted by atomic mass is 10.0. The van der Waals surface area contributed by atoms with Crippen molar-refractivity contribution in [2.45, 2.75) is 39.8 Å². The molecule has 6 aromatic carbocycles. The van der Waals surface area contributed by atoms with Crippen LogP contribution in [0.25, 0.3) is 67.9 Å². The molecule has 0 aliphatic rings. The maximum atomic E-state index is 2.54. The van der Waals surface area contributed by atoms with E-state index in [1.807, 2.05) is 0 Å². The van der Waals surface area contributed by atoms with Crippen LogP contribution >= 0.6 is 0 Å². The van der Waals surface area contributed by atoms with Crippen LogP contribution in [0.3, 0.4) is 0 Å². The molecule has 234 valence electrons. The predicted molar refractivity (Wildman–Crippen MR) is 208 cm³/mol. The molecule has 2 heteroatoms. The molecular weight excluding hydrogens is 581 g/mol. The van der Waals surface area contributed by atoms with Crippen LogP contribution in [0.5, 0.6) is 0 Å². The van der Waals surface area contributed by atoms with Gasteiger partial charge in [-0.25, -0.2) is 0 Å². The summed E-state index contributed by atoms with van der Waals surface area (Å²) in [6.07, 6.45) is 11.1. The van der Waals surface area contributed by atoms with Gasteiger partial charge in [0.05, 0.1) is 0 Å². The molecule has 0 bridgehead atoms. The lowest BCUT2D eigenvalue weighted by molar-refractivity contribution is 0.583. The number of hydrogen-bond donors (Lipinski definition) is 0. The van der Waals surface area contributed by atoms with Crippen LogP contribution in [0.15, 0.2) is 133 Å². The van der Waals surface area contributed by atoms with Crippen LogP contribution in [-0.2, 0) is 13.1 Å². The number of fused-ring (bicyclic) bond motifs is 6. The average molecular weight is 621 g/mol. The van der Waals surface area contributed by atoms with Crippen molar-refractivity contribution in [1.82, 2.24) is 9.13 Å². The third-order valence-electron chi connectivity index (χ3n) is 9.70. The van der Waals surface area contributed by atoms with Gasteiger partial charge in [-0.05, 0) is 85.3 Å². The van der Waals surface area contributed by atoms with Crippen LogP contribution in [0, 0.1) is 13.8 Å². The number of unbranched alkanes of at least 4 members (excludes halogenated alkanes) is 1. The maximum absolute atomic E-state index is 2.54. The highest BCUT2D eigenvalue weighted by Gasteiger charge is 2.13. The Balaban J connectivity index is 1.11. The minimum absolute atomic E-state index is 0.980. The normalized spacial score (nSPS) is 12.1. The summed E-state index contributed by atoms with van der Waals surface area (Å²) in [5.41, 5.74) is 12.7. The Labute approximate surface area is 282 Å². The minimum Gasteiger partial charge on any atom is -0.340 e. The first-order chi connectivity index (χ1) is 23.6. The molecular formula is C46H40N2. The Hall–Kier alpha value is -5.60. The summed E-state index contributed by atoms with van der Waals surface area (Å²) in [6, 6.07) is 48.9. The van der Waals surface area contributed by atoms with Crippen molar-refractivity contribution in [3.8, 4) is 0 Å². The highest BCUT2D eigenvalue weighted by atomic mass is 15.0. The fourth-order valence-corrected chi connectivity index (χ4v) is 7.11. The third-order valence-corrected chi connectivity index (χ3v) is 9.70. The Bertz CT molecular complexity index is 2280. The molecule has 0 spiro atoms. The van der Waals surface area contributed by atoms with Gasteiger partial charge in [0.2, 0.25) is 0 Å². The van der Waals surface area contributed by atoms with Crippen molar-refractivity contribution in [2.75, 3.05) is 0 Å². The maximum Gasteiger partial charge on any atom is 0.0491 e. The summed E-state index contributed by atoms with van der Waals surface area (Å²) >= 11 is 0. The summed E-state index contributed by atoms with van der Waals surface area (Å²) in [5.74, 6) is 0. The fraction of sp³-hybridized carbons (Fsp3) is 0.130. The number of nitrogens with zero attached hydrogens (tertiary/aromatic N) is 2. The molecule has 0 unspecified atom stereocenters. The van der Waals surface area contributed by atoms with Crippen LogP contribution in [-0.4, -0.2) is 9.13 Å². The number of para-hydroxylation sites is 2. The smallest absolute Gasteiger partial charge is 0.0491 e. The molecule has 2 aromatic heterocycles. The first-order valence-electron chi connectivity index (χ1n) is 17.1. The number of hydrogen-bond acceptors (Lipinski definition) is 0.